The first-order chi connectivity index (χ1) is 10.2. The van der Waals surface area contributed by atoms with Gasteiger partial charge in [-0.25, -0.2) is 0 Å². The number of aromatic nitrogens is 3. The molecule has 0 fully saturated rings. The number of carbonyl (C=O) groups excluding carboxylic acids is 1. The van der Waals surface area contributed by atoms with E-state index in [-0.39, 0.29) is 17.9 Å². The predicted molar refractivity (Wildman–Crippen MR) is 78.5 cm³/mol. The van der Waals surface area contributed by atoms with E-state index in [9.17, 15) is 4.79 Å². The summed E-state index contributed by atoms with van der Waals surface area (Å²) in [6.07, 6.45) is 1.63. The minimum Gasteiger partial charge on any atom is -0.346 e. The van der Waals surface area contributed by atoms with Gasteiger partial charge >= 0.3 is 0 Å². The van der Waals surface area contributed by atoms with Gasteiger partial charge < -0.3 is 15.2 Å². The Morgan fingerprint density at radius 3 is 3.05 bits per heavy atom. The Hall–Kier alpha value is -2.21. The Morgan fingerprint density at radius 1 is 1.48 bits per heavy atom. The molecule has 110 valence electrons. The molecule has 1 aliphatic heterocycles. The van der Waals surface area contributed by atoms with Crippen LogP contribution in [0.1, 0.15) is 35.8 Å². The van der Waals surface area contributed by atoms with Gasteiger partial charge in [-0.15, -0.1) is 10.2 Å². The maximum Gasteiger partial charge on any atom is 0.229 e. The van der Waals surface area contributed by atoms with Crippen LogP contribution >= 0.6 is 0 Å². The van der Waals surface area contributed by atoms with Crippen LogP contribution in [0.3, 0.4) is 0 Å². The molecule has 0 saturated heterocycles. The molecule has 0 saturated carbocycles. The molecule has 6 heteroatoms. The Bertz CT molecular complexity index is 651. The fourth-order valence-corrected chi connectivity index (χ4v) is 2.79. The standard InChI is InChI=1S/C15H19N5O/c1-10(14-19-17-9-20(14)2)18-15(21)13-8-16-7-11-5-3-4-6-12(11)13/h3-6,9-10,13,16H,7-8H2,1-2H3,(H,18,21). The topological polar surface area (TPSA) is 71.8 Å². The van der Waals surface area contributed by atoms with Crippen molar-refractivity contribution in [1.29, 1.82) is 0 Å². The number of nitrogens with zero attached hydrogens (tertiary/aromatic N) is 3. The summed E-state index contributed by atoms with van der Waals surface area (Å²) in [6, 6.07) is 7.92. The molecule has 1 amide bonds. The highest BCUT2D eigenvalue weighted by atomic mass is 16.2. The largest absolute Gasteiger partial charge is 0.346 e. The predicted octanol–water partition coefficient (Wildman–Crippen LogP) is 0.879. The number of nitrogens with one attached hydrogen (secondary N) is 2. The van der Waals surface area contributed by atoms with Gasteiger partial charge in [-0.3, -0.25) is 4.79 Å². The fourth-order valence-electron chi connectivity index (χ4n) is 2.79. The molecule has 6 nitrogen and oxygen atoms in total. The molecule has 1 aromatic heterocycles. The highest BCUT2D eigenvalue weighted by molar-refractivity contribution is 5.85. The Morgan fingerprint density at radius 2 is 2.29 bits per heavy atom. The molecule has 1 aliphatic rings. The van der Waals surface area contributed by atoms with Crippen LogP contribution < -0.4 is 10.6 Å². The number of hydrogen-bond acceptors (Lipinski definition) is 4. The second-order valence-corrected chi connectivity index (χ2v) is 5.41. The van der Waals surface area contributed by atoms with Crippen LogP contribution in [0.5, 0.6) is 0 Å². The lowest BCUT2D eigenvalue weighted by Gasteiger charge is -2.26. The Kier molecular flexibility index (Phi) is 3.70. The van der Waals surface area contributed by atoms with Gasteiger partial charge in [-0.1, -0.05) is 24.3 Å². The van der Waals surface area contributed by atoms with E-state index in [1.807, 2.05) is 36.7 Å². The molecule has 2 N–H and O–H groups in total. The molecule has 1 aromatic carbocycles. The quantitative estimate of drug-likeness (QED) is 0.878. The van der Waals surface area contributed by atoms with Gasteiger partial charge in [0.25, 0.3) is 0 Å². The summed E-state index contributed by atoms with van der Waals surface area (Å²) in [4.78, 5) is 12.6. The summed E-state index contributed by atoms with van der Waals surface area (Å²) >= 11 is 0. The molecule has 0 aliphatic carbocycles. The van der Waals surface area contributed by atoms with E-state index in [1.165, 1.54) is 5.56 Å². The summed E-state index contributed by atoms with van der Waals surface area (Å²) < 4.78 is 1.82. The van der Waals surface area contributed by atoms with Gasteiger partial charge in [-0.05, 0) is 18.1 Å². The van der Waals surface area contributed by atoms with Gasteiger partial charge in [0.15, 0.2) is 5.82 Å². The summed E-state index contributed by atoms with van der Waals surface area (Å²) in [5.74, 6) is 0.608. The molecule has 2 aromatic rings. The molecular weight excluding hydrogens is 266 g/mol. The normalized spacial score (nSPS) is 18.9. The molecule has 0 spiro atoms. The Balaban J connectivity index is 1.76. The van der Waals surface area contributed by atoms with Crippen molar-refractivity contribution in [3.05, 3.63) is 47.5 Å². The number of fused-ring (bicyclic) bond motifs is 1. The molecule has 2 unspecified atom stereocenters. The third-order valence-corrected chi connectivity index (χ3v) is 3.90. The van der Waals surface area contributed by atoms with Crippen LogP contribution in [0.4, 0.5) is 0 Å². The van der Waals surface area contributed by atoms with Crippen molar-refractivity contribution in [2.24, 2.45) is 7.05 Å². The minimum absolute atomic E-state index is 0.0187. The van der Waals surface area contributed by atoms with Crippen molar-refractivity contribution in [1.82, 2.24) is 25.4 Å². The van der Waals surface area contributed by atoms with Crippen LogP contribution in [-0.2, 0) is 18.4 Å². The van der Waals surface area contributed by atoms with Crippen molar-refractivity contribution in [3.63, 3.8) is 0 Å². The number of rotatable bonds is 3. The van der Waals surface area contributed by atoms with E-state index >= 15 is 0 Å². The molecular formula is C15H19N5O. The van der Waals surface area contributed by atoms with Crippen LogP contribution in [0.2, 0.25) is 0 Å². The van der Waals surface area contributed by atoms with Gasteiger partial charge in [0.1, 0.15) is 6.33 Å². The molecule has 0 radical (unpaired) electrons. The maximum atomic E-state index is 12.6. The third kappa shape index (κ3) is 2.67. The van der Waals surface area contributed by atoms with E-state index in [2.05, 4.69) is 26.9 Å². The van der Waals surface area contributed by atoms with Gasteiger partial charge in [0, 0.05) is 20.1 Å². The highest BCUT2D eigenvalue weighted by Gasteiger charge is 2.27. The summed E-state index contributed by atoms with van der Waals surface area (Å²) in [7, 11) is 1.87. The second kappa shape index (κ2) is 5.65. The lowest BCUT2D eigenvalue weighted by atomic mass is 9.90. The van der Waals surface area contributed by atoms with Crippen LogP contribution in [0, 0.1) is 0 Å². The SMILES string of the molecule is CC(NC(=O)C1CNCc2ccccc21)c1nncn1C. The number of benzene rings is 1. The zero-order chi connectivity index (χ0) is 14.8. The van der Waals surface area contributed by atoms with E-state index in [1.54, 1.807) is 6.33 Å². The van der Waals surface area contributed by atoms with Crippen LogP contribution in [0.15, 0.2) is 30.6 Å². The van der Waals surface area contributed by atoms with Gasteiger partial charge in [-0.2, -0.15) is 0 Å². The molecule has 2 atom stereocenters. The third-order valence-electron chi connectivity index (χ3n) is 3.90. The molecule has 0 bridgehead atoms. The molecule has 3 rings (SSSR count). The van der Waals surface area contributed by atoms with E-state index in [4.69, 9.17) is 0 Å². The summed E-state index contributed by atoms with van der Waals surface area (Å²) in [5, 5.41) is 14.2. The zero-order valence-corrected chi connectivity index (χ0v) is 12.2. The summed E-state index contributed by atoms with van der Waals surface area (Å²) in [6.45, 7) is 3.40. The number of amides is 1. The highest BCUT2D eigenvalue weighted by Crippen LogP contribution is 2.24. The maximum absolute atomic E-state index is 12.6. The zero-order valence-electron chi connectivity index (χ0n) is 12.2. The van der Waals surface area contributed by atoms with Crippen molar-refractivity contribution in [2.45, 2.75) is 25.4 Å². The smallest absolute Gasteiger partial charge is 0.229 e. The minimum atomic E-state index is -0.168. The first-order valence-corrected chi connectivity index (χ1v) is 7.09. The van der Waals surface area contributed by atoms with Gasteiger partial charge in [0.05, 0.1) is 12.0 Å². The van der Waals surface area contributed by atoms with Crippen LogP contribution in [0.25, 0.3) is 0 Å². The van der Waals surface area contributed by atoms with E-state index in [0.29, 0.717) is 6.54 Å². The average Bonchev–Trinajstić information content (AvgIpc) is 2.92. The van der Waals surface area contributed by atoms with Crippen molar-refractivity contribution >= 4 is 5.91 Å². The van der Waals surface area contributed by atoms with E-state index < -0.39 is 0 Å². The number of hydrogen-bond donors (Lipinski definition) is 2. The first kappa shape index (κ1) is 13.8. The van der Waals surface area contributed by atoms with Crippen molar-refractivity contribution < 1.29 is 4.79 Å². The Labute approximate surface area is 123 Å². The summed E-state index contributed by atoms with van der Waals surface area (Å²) in [5.41, 5.74) is 2.30. The average molecular weight is 285 g/mol. The second-order valence-electron chi connectivity index (χ2n) is 5.41. The lowest BCUT2D eigenvalue weighted by molar-refractivity contribution is -0.123. The number of carbonyl (C=O) groups is 1. The molecule has 21 heavy (non-hydrogen) atoms. The molecule has 2 heterocycles. The first-order valence-electron chi connectivity index (χ1n) is 7.09. The van der Waals surface area contributed by atoms with Crippen molar-refractivity contribution in [3.8, 4) is 0 Å². The number of aryl methyl sites for hydroxylation is 1. The monoisotopic (exact) mass is 285 g/mol. The van der Waals surface area contributed by atoms with Crippen LogP contribution in [-0.4, -0.2) is 27.2 Å². The van der Waals surface area contributed by atoms with Crippen molar-refractivity contribution in [2.75, 3.05) is 6.54 Å². The fraction of sp³-hybridized carbons (Fsp3) is 0.400. The van der Waals surface area contributed by atoms with Gasteiger partial charge in [0.2, 0.25) is 5.91 Å². The lowest BCUT2D eigenvalue weighted by Crippen LogP contribution is -2.40. The van der Waals surface area contributed by atoms with E-state index in [0.717, 1.165) is 17.9 Å².